The molecule has 1 aliphatic carbocycles. The van der Waals surface area contributed by atoms with Gasteiger partial charge in [0.1, 0.15) is 5.75 Å². The number of anilines is 1. The standard InChI is InChI=1S/C18H18N4O2/c1-11-16-8-14(9-19-17(16)22-21-11)20-18(23)13-4-6-15(7-5-13)24-10-12-2-3-12/h4-9,12H,2-3,10H2,1H3,(H,20,23)(H,19,21,22). The fraction of sp³-hybridized carbons (Fsp3) is 0.278. The van der Waals surface area contributed by atoms with Gasteiger partial charge in [0.2, 0.25) is 0 Å². The van der Waals surface area contributed by atoms with Crippen LogP contribution in [0, 0.1) is 12.8 Å². The van der Waals surface area contributed by atoms with Crippen molar-refractivity contribution in [2.24, 2.45) is 5.92 Å². The van der Waals surface area contributed by atoms with Gasteiger partial charge < -0.3 is 10.1 Å². The van der Waals surface area contributed by atoms with E-state index in [1.54, 1.807) is 18.3 Å². The van der Waals surface area contributed by atoms with Crippen LogP contribution in [0.15, 0.2) is 36.5 Å². The number of H-pyrrole nitrogens is 1. The van der Waals surface area contributed by atoms with E-state index in [2.05, 4.69) is 20.5 Å². The van der Waals surface area contributed by atoms with Crippen molar-refractivity contribution >= 4 is 22.6 Å². The number of nitrogens with zero attached hydrogens (tertiary/aromatic N) is 2. The zero-order valence-corrected chi connectivity index (χ0v) is 13.4. The molecule has 0 bridgehead atoms. The van der Waals surface area contributed by atoms with Gasteiger partial charge in [-0.3, -0.25) is 9.89 Å². The minimum Gasteiger partial charge on any atom is -0.493 e. The molecule has 0 aliphatic heterocycles. The lowest BCUT2D eigenvalue weighted by Gasteiger charge is -2.07. The molecular formula is C18H18N4O2. The van der Waals surface area contributed by atoms with E-state index in [1.807, 2.05) is 25.1 Å². The van der Waals surface area contributed by atoms with E-state index < -0.39 is 0 Å². The number of amides is 1. The van der Waals surface area contributed by atoms with Gasteiger partial charge in [-0.05, 0) is 56.0 Å². The first kappa shape index (κ1) is 14.7. The number of nitrogens with one attached hydrogen (secondary N) is 2. The third kappa shape index (κ3) is 3.08. The predicted octanol–water partition coefficient (Wildman–Crippen LogP) is 3.31. The first-order valence-electron chi connectivity index (χ1n) is 8.04. The maximum Gasteiger partial charge on any atom is 0.255 e. The van der Waals surface area contributed by atoms with Gasteiger partial charge in [0.25, 0.3) is 5.91 Å². The lowest BCUT2D eigenvalue weighted by molar-refractivity contribution is 0.102. The van der Waals surface area contributed by atoms with E-state index in [0.29, 0.717) is 22.8 Å². The van der Waals surface area contributed by atoms with E-state index in [0.717, 1.165) is 23.4 Å². The molecule has 122 valence electrons. The minimum atomic E-state index is -0.175. The first-order chi connectivity index (χ1) is 11.7. The molecule has 4 rings (SSSR count). The molecule has 1 aromatic carbocycles. The number of pyridine rings is 1. The number of ether oxygens (including phenoxy) is 1. The first-order valence-corrected chi connectivity index (χ1v) is 8.04. The molecule has 6 nitrogen and oxygen atoms in total. The average Bonchev–Trinajstić information content (AvgIpc) is 3.37. The van der Waals surface area contributed by atoms with E-state index in [-0.39, 0.29) is 5.91 Å². The molecule has 1 saturated carbocycles. The Kier molecular flexibility index (Phi) is 3.65. The van der Waals surface area contributed by atoms with Crippen LogP contribution >= 0.6 is 0 Å². The molecule has 2 N–H and O–H groups in total. The van der Waals surface area contributed by atoms with Gasteiger partial charge >= 0.3 is 0 Å². The Balaban J connectivity index is 1.44. The normalized spacial score (nSPS) is 13.9. The summed E-state index contributed by atoms with van der Waals surface area (Å²) >= 11 is 0. The van der Waals surface area contributed by atoms with Gasteiger partial charge in [-0.25, -0.2) is 4.98 Å². The average molecular weight is 322 g/mol. The van der Waals surface area contributed by atoms with Gasteiger partial charge in [0, 0.05) is 16.6 Å². The summed E-state index contributed by atoms with van der Waals surface area (Å²) in [6, 6.07) is 9.07. The Hall–Kier alpha value is -2.89. The highest BCUT2D eigenvalue weighted by Gasteiger charge is 2.21. The molecular weight excluding hydrogens is 304 g/mol. The molecule has 0 spiro atoms. The molecule has 0 unspecified atom stereocenters. The van der Waals surface area contributed by atoms with Crippen molar-refractivity contribution in [3.8, 4) is 5.75 Å². The Morgan fingerprint density at radius 1 is 1.33 bits per heavy atom. The summed E-state index contributed by atoms with van der Waals surface area (Å²) in [6.45, 7) is 2.68. The van der Waals surface area contributed by atoms with Crippen LogP contribution in [0.4, 0.5) is 5.69 Å². The van der Waals surface area contributed by atoms with E-state index in [4.69, 9.17) is 4.74 Å². The van der Waals surface area contributed by atoms with E-state index in [1.165, 1.54) is 12.8 Å². The molecule has 6 heteroatoms. The molecule has 0 atom stereocenters. The minimum absolute atomic E-state index is 0.175. The number of aromatic amines is 1. The third-order valence-corrected chi connectivity index (χ3v) is 4.16. The Morgan fingerprint density at radius 3 is 2.88 bits per heavy atom. The largest absolute Gasteiger partial charge is 0.493 e. The number of rotatable bonds is 5. The van der Waals surface area contributed by atoms with Crippen LogP contribution in [0.1, 0.15) is 28.9 Å². The van der Waals surface area contributed by atoms with Crippen molar-refractivity contribution in [3.05, 3.63) is 47.8 Å². The van der Waals surface area contributed by atoms with E-state index >= 15 is 0 Å². The number of hydrogen-bond donors (Lipinski definition) is 2. The Labute approximate surface area is 139 Å². The molecule has 1 aliphatic rings. The van der Waals surface area contributed by atoms with Crippen molar-refractivity contribution in [1.82, 2.24) is 15.2 Å². The number of carbonyl (C=O) groups excluding carboxylic acids is 1. The highest BCUT2D eigenvalue weighted by molar-refractivity contribution is 6.04. The van der Waals surface area contributed by atoms with Crippen molar-refractivity contribution in [3.63, 3.8) is 0 Å². The SMILES string of the molecule is Cc1[nH]nc2ncc(NC(=O)c3ccc(OCC4CC4)cc3)cc12. The molecule has 0 radical (unpaired) electrons. The Bertz CT molecular complexity index is 882. The molecule has 3 aromatic rings. The summed E-state index contributed by atoms with van der Waals surface area (Å²) in [4.78, 5) is 16.6. The summed E-state index contributed by atoms with van der Waals surface area (Å²) in [5.41, 5.74) is 2.79. The van der Waals surface area contributed by atoms with Crippen molar-refractivity contribution < 1.29 is 9.53 Å². The molecule has 2 heterocycles. The molecule has 24 heavy (non-hydrogen) atoms. The zero-order chi connectivity index (χ0) is 16.5. The van der Waals surface area contributed by atoms with Crippen molar-refractivity contribution in [1.29, 1.82) is 0 Å². The van der Waals surface area contributed by atoms with Crippen LogP contribution in [-0.2, 0) is 0 Å². The van der Waals surface area contributed by atoms with Crippen LogP contribution in [0.3, 0.4) is 0 Å². The zero-order valence-electron chi connectivity index (χ0n) is 13.4. The second-order valence-electron chi connectivity index (χ2n) is 6.18. The van der Waals surface area contributed by atoms with Gasteiger partial charge in [0.15, 0.2) is 5.65 Å². The number of carbonyl (C=O) groups is 1. The summed E-state index contributed by atoms with van der Waals surface area (Å²) in [5.74, 6) is 1.34. The predicted molar refractivity (Wildman–Crippen MR) is 91.2 cm³/mol. The molecule has 1 amide bonds. The van der Waals surface area contributed by atoms with Crippen LogP contribution in [0.25, 0.3) is 11.0 Å². The second kappa shape index (κ2) is 5.96. The quantitative estimate of drug-likeness (QED) is 0.755. The van der Waals surface area contributed by atoms with Crippen LogP contribution in [-0.4, -0.2) is 27.7 Å². The Morgan fingerprint density at radius 2 is 2.12 bits per heavy atom. The summed E-state index contributed by atoms with van der Waals surface area (Å²) in [5, 5.41) is 10.7. The fourth-order valence-electron chi connectivity index (χ4n) is 2.49. The third-order valence-electron chi connectivity index (χ3n) is 4.16. The number of benzene rings is 1. The lowest BCUT2D eigenvalue weighted by atomic mass is 10.2. The number of aromatic nitrogens is 3. The number of aryl methyl sites for hydroxylation is 1. The number of fused-ring (bicyclic) bond motifs is 1. The smallest absolute Gasteiger partial charge is 0.255 e. The summed E-state index contributed by atoms with van der Waals surface area (Å²) < 4.78 is 5.68. The van der Waals surface area contributed by atoms with Crippen molar-refractivity contribution in [2.75, 3.05) is 11.9 Å². The van der Waals surface area contributed by atoms with Gasteiger partial charge in [-0.1, -0.05) is 0 Å². The summed E-state index contributed by atoms with van der Waals surface area (Å²) in [6.07, 6.45) is 4.12. The van der Waals surface area contributed by atoms with Crippen molar-refractivity contribution in [2.45, 2.75) is 19.8 Å². The van der Waals surface area contributed by atoms with Crippen LogP contribution in [0.5, 0.6) is 5.75 Å². The maximum absolute atomic E-state index is 12.4. The monoisotopic (exact) mass is 322 g/mol. The maximum atomic E-state index is 12.4. The van der Waals surface area contributed by atoms with Crippen LogP contribution < -0.4 is 10.1 Å². The van der Waals surface area contributed by atoms with Gasteiger partial charge in [0.05, 0.1) is 18.5 Å². The highest BCUT2D eigenvalue weighted by Crippen LogP contribution is 2.29. The van der Waals surface area contributed by atoms with E-state index in [9.17, 15) is 4.79 Å². The lowest BCUT2D eigenvalue weighted by Crippen LogP contribution is -2.12. The fourth-order valence-corrected chi connectivity index (χ4v) is 2.49. The number of hydrogen-bond acceptors (Lipinski definition) is 4. The summed E-state index contributed by atoms with van der Waals surface area (Å²) in [7, 11) is 0. The highest BCUT2D eigenvalue weighted by atomic mass is 16.5. The topological polar surface area (TPSA) is 79.9 Å². The van der Waals surface area contributed by atoms with Gasteiger partial charge in [-0.15, -0.1) is 0 Å². The molecule has 1 fully saturated rings. The van der Waals surface area contributed by atoms with Gasteiger partial charge in [-0.2, -0.15) is 5.10 Å². The second-order valence-corrected chi connectivity index (χ2v) is 6.18. The molecule has 2 aromatic heterocycles. The van der Waals surface area contributed by atoms with Crippen LogP contribution in [0.2, 0.25) is 0 Å². The molecule has 0 saturated heterocycles.